The first-order valence-corrected chi connectivity index (χ1v) is 9.67. The number of ether oxygens (including phenoxy) is 1. The normalized spacial score (nSPS) is 19.1. The molecule has 2 aromatic rings. The summed E-state index contributed by atoms with van der Waals surface area (Å²) >= 11 is 24.4. The van der Waals surface area contributed by atoms with Crippen LogP contribution in [0.3, 0.4) is 0 Å². The van der Waals surface area contributed by atoms with E-state index in [0.717, 1.165) is 0 Å². The number of hydrogen-bond acceptors (Lipinski definition) is 3. The molecule has 0 spiro atoms. The van der Waals surface area contributed by atoms with Crippen LogP contribution >= 0.6 is 46.4 Å². The van der Waals surface area contributed by atoms with E-state index < -0.39 is 17.7 Å². The maximum absolute atomic E-state index is 13.1. The highest BCUT2D eigenvalue weighted by molar-refractivity contribution is 6.51. The molecule has 1 fully saturated rings. The number of aliphatic carboxylic acids is 1. The summed E-state index contributed by atoms with van der Waals surface area (Å²) in [5.74, 6) is -1.37. The molecule has 1 aliphatic carbocycles. The maximum atomic E-state index is 13.1. The molecule has 0 radical (unpaired) electrons. The molecular weight excluding hydrogens is 434 g/mol. The van der Waals surface area contributed by atoms with Gasteiger partial charge in [-0.3, -0.25) is 9.59 Å². The Morgan fingerprint density at radius 2 is 1.70 bits per heavy atom. The third kappa shape index (κ3) is 4.19. The Kier molecular flexibility index (Phi) is 6.21. The molecule has 2 aromatic carbocycles. The van der Waals surface area contributed by atoms with Crippen molar-refractivity contribution < 1.29 is 19.4 Å². The van der Waals surface area contributed by atoms with Gasteiger partial charge in [0.25, 0.3) is 0 Å². The van der Waals surface area contributed by atoms with Crippen LogP contribution in [0, 0.1) is 5.92 Å². The Balaban J connectivity index is 1.92. The van der Waals surface area contributed by atoms with Gasteiger partial charge in [0.2, 0.25) is 0 Å². The summed E-state index contributed by atoms with van der Waals surface area (Å²) in [7, 11) is 0. The molecule has 3 rings (SSSR count). The lowest BCUT2D eigenvalue weighted by molar-refractivity contribution is -0.141. The second kappa shape index (κ2) is 8.27. The molecule has 8 heteroatoms. The van der Waals surface area contributed by atoms with Gasteiger partial charge >= 0.3 is 5.97 Å². The minimum Gasteiger partial charge on any atom is -0.490 e. The topological polar surface area (TPSA) is 63.6 Å². The summed E-state index contributed by atoms with van der Waals surface area (Å²) in [6, 6.07) is 8.03. The molecule has 0 aliphatic heterocycles. The molecular formula is C19H14Cl4O4. The first-order chi connectivity index (χ1) is 12.8. The van der Waals surface area contributed by atoms with Crippen molar-refractivity contribution in [2.45, 2.75) is 25.4 Å². The lowest BCUT2D eigenvalue weighted by atomic mass is 10.0. The van der Waals surface area contributed by atoms with Gasteiger partial charge in [-0.1, -0.05) is 58.5 Å². The number of benzene rings is 2. The van der Waals surface area contributed by atoms with Gasteiger partial charge in [0.15, 0.2) is 5.78 Å². The maximum Gasteiger partial charge on any atom is 0.306 e. The summed E-state index contributed by atoms with van der Waals surface area (Å²) < 4.78 is 5.93. The van der Waals surface area contributed by atoms with Crippen molar-refractivity contribution in [2.24, 2.45) is 5.92 Å². The van der Waals surface area contributed by atoms with Crippen LogP contribution in [0.5, 0.6) is 5.75 Å². The summed E-state index contributed by atoms with van der Waals surface area (Å²) in [5, 5.41) is 9.39. The number of halogens is 4. The fourth-order valence-electron chi connectivity index (χ4n) is 3.12. The molecule has 2 atom stereocenters. The average Bonchev–Trinajstić information content (AvgIpc) is 3.09. The number of hydrogen-bond donors (Lipinski definition) is 1. The Morgan fingerprint density at radius 1 is 1.00 bits per heavy atom. The van der Waals surface area contributed by atoms with Crippen LogP contribution in [0.15, 0.2) is 30.3 Å². The Morgan fingerprint density at radius 3 is 2.37 bits per heavy atom. The number of rotatable bonds is 5. The molecule has 27 heavy (non-hydrogen) atoms. The second-order valence-electron chi connectivity index (χ2n) is 6.26. The largest absolute Gasteiger partial charge is 0.490 e. The van der Waals surface area contributed by atoms with E-state index in [9.17, 15) is 9.59 Å². The molecule has 0 heterocycles. The SMILES string of the molecule is O=C(c1ccccc1O[C@H]1CC[C@H](C(=O)O)C1)c1c(Cl)cc(Cl)c(Cl)c1Cl. The van der Waals surface area contributed by atoms with E-state index in [1.54, 1.807) is 24.3 Å². The van der Waals surface area contributed by atoms with Crippen LogP contribution in [0.25, 0.3) is 0 Å². The minimum atomic E-state index is -0.833. The summed E-state index contributed by atoms with van der Waals surface area (Å²) in [5.41, 5.74) is 0.303. The molecule has 1 saturated carbocycles. The highest BCUT2D eigenvalue weighted by Gasteiger charge is 2.32. The van der Waals surface area contributed by atoms with Gasteiger partial charge in [-0.25, -0.2) is 0 Å². The van der Waals surface area contributed by atoms with Crippen LogP contribution in [0.2, 0.25) is 20.1 Å². The van der Waals surface area contributed by atoms with Gasteiger partial charge in [-0.05, 0) is 37.5 Å². The Bertz CT molecular complexity index is 913. The van der Waals surface area contributed by atoms with E-state index in [1.165, 1.54) is 6.07 Å². The highest BCUT2D eigenvalue weighted by atomic mass is 35.5. The van der Waals surface area contributed by atoms with Gasteiger partial charge in [0.1, 0.15) is 5.75 Å². The first kappa shape index (κ1) is 20.3. The van der Waals surface area contributed by atoms with E-state index in [-0.39, 0.29) is 37.3 Å². The second-order valence-corrected chi connectivity index (χ2v) is 7.83. The smallest absolute Gasteiger partial charge is 0.306 e. The molecule has 142 valence electrons. The number of carbonyl (C=O) groups is 2. The first-order valence-electron chi connectivity index (χ1n) is 8.15. The van der Waals surface area contributed by atoms with E-state index in [0.29, 0.717) is 25.0 Å². The summed E-state index contributed by atoms with van der Waals surface area (Å²) in [6.45, 7) is 0. The predicted octanol–water partition coefficient (Wildman–Crippen LogP) is 6.16. The van der Waals surface area contributed by atoms with Crippen molar-refractivity contribution in [1.29, 1.82) is 0 Å². The highest BCUT2D eigenvalue weighted by Crippen LogP contribution is 2.40. The minimum absolute atomic E-state index is 0.0271. The van der Waals surface area contributed by atoms with Crippen LogP contribution in [0.1, 0.15) is 35.2 Å². The van der Waals surface area contributed by atoms with Gasteiger partial charge in [-0.15, -0.1) is 0 Å². The van der Waals surface area contributed by atoms with E-state index in [4.69, 9.17) is 56.2 Å². The summed E-state index contributed by atoms with van der Waals surface area (Å²) in [6.07, 6.45) is 1.26. The number of carboxylic acids is 1. The van der Waals surface area contributed by atoms with Crippen molar-refractivity contribution in [2.75, 3.05) is 0 Å². The number of ketones is 1. The van der Waals surface area contributed by atoms with Gasteiger partial charge in [-0.2, -0.15) is 0 Å². The van der Waals surface area contributed by atoms with E-state index in [2.05, 4.69) is 0 Å². The average molecular weight is 448 g/mol. The van der Waals surface area contributed by atoms with Crippen molar-refractivity contribution in [3.63, 3.8) is 0 Å². The van der Waals surface area contributed by atoms with Gasteiger partial charge in [0, 0.05) is 0 Å². The third-order valence-corrected chi connectivity index (χ3v) is 6.06. The zero-order valence-corrected chi connectivity index (χ0v) is 16.9. The van der Waals surface area contributed by atoms with Crippen molar-refractivity contribution in [3.8, 4) is 5.75 Å². The quantitative estimate of drug-likeness (QED) is 0.338. The van der Waals surface area contributed by atoms with Crippen LogP contribution in [0.4, 0.5) is 0 Å². The molecule has 1 N–H and O–H groups in total. The fourth-order valence-corrected chi connectivity index (χ4v) is 4.20. The van der Waals surface area contributed by atoms with E-state index in [1.807, 2.05) is 0 Å². The molecule has 0 unspecified atom stereocenters. The van der Waals surface area contributed by atoms with Crippen molar-refractivity contribution >= 4 is 58.2 Å². The molecule has 0 bridgehead atoms. The number of carbonyl (C=O) groups excluding carboxylic acids is 1. The molecule has 0 aromatic heterocycles. The summed E-state index contributed by atoms with van der Waals surface area (Å²) in [4.78, 5) is 24.2. The molecule has 4 nitrogen and oxygen atoms in total. The van der Waals surface area contributed by atoms with Gasteiger partial charge in [0.05, 0.1) is 43.2 Å². The lowest BCUT2D eigenvalue weighted by Crippen LogP contribution is -2.17. The third-order valence-electron chi connectivity index (χ3n) is 4.50. The molecule has 1 aliphatic rings. The van der Waals surface area contributed by atoms with E-state index >= 15 is 0 Å². The monoisotopic (exact) mass is 446 g/mol. The zero-order chi connectivity index (χ0) is 19.7. The lowest BCUT2D eigenvalue weighted by Gasteiger charge is -2.17. The number of carboxylic acid groups (broad SMARTS) is 1. The van der Waals surface area contributed by atoms with Crippen molar-refractivity contribution in [1.82, 2.24) is 0 Å². The van der Waals surface area contributed by atoms with Crippen molar-refractivity contribution in [3.05, 3.63) is 61.5 Å². The zero-order valence-electron chi connectivity index (χ0n) is 13.8. The standard InChI is InChI=1S/C19H14Cl4O4/c20-12-8-13(21)16(22)17(23)15(12)18(24)11-3-1-2-4-14(11)27-10-6-5-9(7-10)19(25)26/h1-4,8-10H,5-7H2,(H,25,26)/t9-,10-/m0/s1. The Hall–Kier alpha value is -1.46. The Labute approximate surface area is 175 Å². The molecule has 0 amide bonds. The van der Waals surface area contributed by atoms with Gasteiger partial charge < -0.3 is 9.84 Å². The predicted molar refractivity (Wildman–Crippen MR) is 106 cm³/mol. The fraction of sp³-hybridized carbons (Fsp3) is 0.263. The van der Waals surface area contributed by atoms with Crippen LogP contribution in [-0.2, 0) is 4.79 Å². The van der Waals surface area contributed by atoms with Crippen LogP contribution < -0.4 is 4.74 Å². The number of para-hydroxylation sites is 1. The molecule has 0 saturated heterocycles. The van der Waals surface area contributed by atoms with Crippen LogP contribution in [-0.4, -0.2) is 23.0 Å².